The molecule has 0 aromatic carbocycles. The van der Waals surface area contributed by atoms with E-state index in [4.69, 9.17) is 0 Å². The molecule has 5 heteroatoms. The Bertz CT molecular complexity index is 410. The molecule has 0 unspecified atom stereocenters. The van der Waals surface area contributed by atoms with Gasteiger partial charge in [-0.15, -0.1) is 0 Å². The lowest BCUT2D eigenvalue weighted by atomic mass is 10.1. The van der Waals surface area contributed by atoms with Gasteiger partial charge in [0.1, 0.15) is 0 Å². The van der Waals surface area contributed by atoms with Gasteiger partial charge in [-0.2, -0.15) is 0 Å². The molecule has 0 amide bonds. The topological polar surface area (TPSA) is 61.0 Å². The van der Waals surface area contributed by atoms with Gasteiger partial charge in [-0.1, -0.05) is 0 Å². The second-order valence-electron chi connectivity index (χ2n) is 3.96. The quantitative estimate of drug-likeness (QED) is 0.654. The molecule has 0 atom stereocenters. The second kappa shape index (κ2) is 4.02. The molecule has 82 valence electrons. The summed E-state index contributed by atoms with van der Waals surface area (Å²) < 4.78 is 0. The first kappa shape index (κ1) is 10.2. The molecule has 1 aliphatic rings. The summed E-state index contributed by atoms with van der Waals surface area (Å²) in [7, 11) is 3.75. The molecule has 15 heavy (non-hydrogen) atoms. The van der Waals surface area contributed by atoms with Crippen LogP contribution in [-0.4, -0.2) is 37.2 Å². The highest BCUT2D eigenvalue weighted by Gasteiger charge is 2.14. The number of aromatic nitrogens is 2. The number of nitrogens with zero attached hydrogens (tertiary/aromatic N) is 2. The van der Waals surface area contributed by atoms with E-state index in [1.807, 2.05) is 19.0 Å². The zero-order chi connectivity index (χ0) is 10.8. The summed E-state index contributed by atoms with van der Waals surface area (Å²) >= 11 is 0. The third-order valence-electron chi connectivity index (χ3n) is 2.60. The molecule has 0 radical (unpaired) electrons. The normalized spacial score (nSPS) is 15.6. The monoisotopic (exact) mass is 208 g/mol. The van der Waals surface area contributed by atoms with Crippen LogP contribution in [0.25, 0.3) is 0 Å². The summed E-state index contributed by atoms with van der Waals surface area (Å²) in [5.74, 6) is 0.639. The van der Waals surface area contributed by atoms with Gasteiger partial charge in [0.25, 0.3) is 5.56 Å². The van der Waals surface area contributed by atoms with Gasteiger partial charge in [0.15, 0.2) is 0 Å². The molecular weight excluding hydrogens is 192 g/mol. The van der Waals surface area contributed by atoms with E-state index in [2.05, 4.69) is 15.3 Å². The van der Waals surface area contributed by atoms with Crippen molar-refractivity contribution in [2.24, 2.45) is 0 Å². The minimum Gasteiger partial charge on any atom is -0.348 e. The zero-order valence-corrected chi connectivity index (χ0v) is 9.13. The van der Waals surface area contributed by atoms with Crippen molar-refractivity contribution in [1.82, 2.24) is 15.3 Å². The predicted molar refractivity (Wildman–Crippen MR) is 59.5 cm³/mol. The van der Waals surface area contributed by atoms with Crippen molar-refractivity contribution < 1.29 is 0 Å². The standard InChI is InChI=1S/C10H16N4O/c1-14(2)10-12-8-4-6-11-5-3-7(8)9(15)13-10/h11H,3-6H2,1-2H3,(H,12,13,15). The number of hydrogen-bond donors (Lipinski definition) is 2. The Labute approximate surface area is 88.5 Å². The largest absolute Gasteiger partial charge is 0.348 e. The average molecular weight is 208 g/mol. The fourth-order valence-electron chi connectivity index (χ4n) is 1.75. The van der Waals surface area contributed by atoms with E-state index in [-0.39, 0.29) is 5.56 Å². The number of nitrogens with one attached hydrogen (secondary N) is 2. The highest BCUT2D eigenvalue weighted by Crippen LogP contribution is 2.09. The van der Waals surface area contributed by atoms with Crippen LogP contribution in [0.1, 0.15) is 11.3 Å². The fourth-order valence-corrected chi connectivity index (χ4v) is 1.75. The van der Waals surface area contributed by atoms with Crippen LogP contribution in [0.15, 0.2) is 4.79 Å². The maximum absolute atomic E-state index is 11.8. The lowest BCUT2D eigenvalue weighted by Gasteiger charge is -2.13. The molecular formula is C10H16N4O. The number of aromatic amines is 1. The van der Waals surface area contributed by atoms with Gasteiger partial charge in [0.05, 0.1) is 5.69 Å². The predicted octanol–water partition coefficient (Wildman–Crippen LogP) is -0.476. The highest BCUT2D eigenvalue weighted by atomic mass is 16.1. The van der Waals surface area contributed by atoms with Crippen LogP contribution < -0.4 is 15.8 Å². The minimum atomic E-state index is 0.00685. The van der Waals surface area contributed by atoms with E-state index >= 15 is 0 Å². The van der Waals surface area contributed by atoms with Crippen molar-refractivity contribution in [3.8, 4) is 0 Å². The molecule has 2 rings (SSSR count). The van der Waals surface area contributed by atoms with Crippen molar-refractivity contribution >= 4 is 5.95 Å². The molecule has 0 bridgehead atoms. The van der Waals surface area contributed by atoms with Gasteiger partial charge in [-0.25, -0.2) is 4.98 Å². The summed E-state index contributed by atoms with van der Waals surface area (Å²) in [6, 6.07) is 0. The first-order valence-corrected chi connectivity index (χ1v) is 5.18. The van der Waals surface area contributed by atoms with Gasteiger partial charge in [-0.3, -0.25) is 9.78 Å². The number of H-pyrrole nitrogens is 1. The second-order valence-corrected chi connectivity index (χ2v) is 3.96. The average Bonchev–Trinajstić information content (AvgIpc) is 2.42. The van der Waals surface area contributed by atoms with Crippen LogP contribution in [0, 0.1) is 0 Å². The van der Waals surface area contributed by atoms with Gasteiger partial charge >= 0.3 is 0 Å². The summed E-state index contributed by atoms with van der Waals surface area (Å²) in [6.45, 7) is 1.76. The summed E-state index contributed by atoms with van der Waals surface area (Å²) in [5, 5.41) is 3.26. The minimum absolute atomic E-state index is 0.00685. The summed E-state index contributed by atoms with van der Waals surface area (Å²) in [4.78, 5) is 20.9. The van der Waals surface area contributed by atoms with Crippen LogP contribution >= 0.6 is 0 Å². The summed E-state index contributed by atoms with van der Waals surface area (Å²) in [6.07, 6.45) is 1.60. The van der Waals surface area contributed by atoms with Gasteiger partial charge < -0.3 is 10.2 Å². The number of hydrogen-bond acceptors (Lipinski definition) is 4. The molecule has 2 N–H and O–H groups in total. The van der Waals surface area contributed by atoms with Crippen LogP contribution in [0.4, 0.5) is 5.95 Å². The molecule has 0 saturated carbocycles. The van der Waals surface area contributed by atoms with Crippen molar-refractivity contribution in [2.75, 3.05) is 32.1 Å². The molecule has 0 aliphatic carbocycles. The fraction of sp³-hybridized carbons (Fsp3) is 0.600. The van der Waals surface area contributed by atoms with Crippen molar-refractivity contribution in [2.45, 2.75) is 12.8 Å². The lowest BCUT2D eigenvalue weighted by Crippen LogP contribution is -2.23. The van der Waals surface area contributed by atoms with E-state index in [1.54, 1.807) is 0 Å². The Morgan fingerprint density at radius 2 is 2.00 bits per heavy atom. The van der Waals surface area contributed by atoms with E-state index in [9.17, 15) is 4.79 Å². The van der Waals surface area contributed by atoms with E-state index in [1.165, 1.54) is 0 Å². The van der Waals surface area contributed by atoms with Crippen LogP contribution in [0.3, 0.4) is 0 Å². The SMILES string of the molecule is CN(C)c1nc2c(c(=O)[nH]1)CCNCC2. The lowest BCUT2D eigenvalue weighted by molar-refractivity contribution is 0.708. The van der Waals surface area contributed by atoms with Gasteiger partial charge in [0.2, 0.25) is 5.95 Å². The number of rotatable bonds is 1. The van der Waals surface area contributed by atoms with Crippen LogP contribution in [0.5, 0.6) is 0 Å². The Balaban J connectivity index is 2.49. The summed E-state index contributed by atoms with van der Waals surface area (Å²) in [5.41, 5.74) is 1.78. The third-order valence-corrected chi connectivity index (χ3v) is 2.60. The Morgan fingerprint density at radius 1 is 1.27 bits per heavy atom. The molecule has 2 heterocycles. The molecule has 1 aromatic heterocycles. The van der Waals surface area contributed by atoms with Crippen molar-refractivity contribution in [3.63, 3.8) is 0 Å². The van der Waals surface area contributed by atoms with E-state index in [0.717, 1.165) is 37.2 Å². The van der Waals surface area contributed by atoms with E-state index in [0.29, 0.717) is 5.95 Å². The molecule has 0 saturated heterocycles. The zero-order valence-electron chi connectivity index (χ0n) is 9.13. The van der Waals surface area contributed by atoms with Gasteiger partial charge in [0, 0.05) is 32.6 Å². The smallest absolute Gasteiger partial charge is 0.255 e. The maximum Gasteiger partial charge on any atom is 0.255 e. The van der Waals surface area contributed by atoms with Gasteiger partial charge in [-0.05, 0) is 13.0 Å². The first-order chi connectivity index (χ1) is 7.18. The molecule has 1 aliphatic heterocycles. The van der Waals surface area contributed by atoms with Crippen molar-refractivity contribution in [3.05, 3.63) is 21.6 Å². The molecule has 0 spiro atoms. The third kappa shape index (κ3) is 2.02. The first-order valence-electron chi connectivity index (χ1n) is 5.18. The maximum atomic E-state index is 11.8. The Hall–Kier alpha value is -1.36. The van der Waals surface area contributed by atoms with E-state index < -0.39 is 0 Å². The van der Waals surface area contributed by atoms with Crippen molar-refractivity contribution in [1.29, 1.82) is 0 Å². The highest BCUT2D eigenvalue weighted by molar-refractivity contribution is 5.32. The Kier molecular flexibility index (Phi) is 2.73. The number of anilines is 1. The molecule has 0 fully saturated rings. The van der Waals surface area contributed by atoms with Crippen LogP contribution in [-0.2, 0) is 12.8 Å². The van der Waals surface area contributed by atoms with Crippen LogP contribution in [0.2, 0.25) is 0 Å². The molecule has 1 aromatic rings. The number of fused-ring (bicyclic) bond motifs is 1. The Morgan fingerprint density at radius 3 is 2.73 bits per heavy atom. The molecule has 5 nitrogen and oxygen atoms in total.